The monoisotopic (exact) mass is 528 g/mol. The van der Waals surface area contributed by atoms with Gasteiger partial charge in [-0.3, -0.25) is 19.2 Å². The lowest BCUT2D eigenvalue weighted by atomic mass is 10.0. The van der Waals surface area contributed by atoms with Crippen LogP contribution in [0.3, 0.4) is 0 Å². The van der Waals surface area contributed by atoms with Crippen LogP contribution in [0.1, 0.15) is 24.8 Å². The number of aliphatic carboxylic acids is 2. The highest BCUT2D eigenvalue weighted by molar-refractivity contribution is 7.98. The summed E-state index contributed by atoms with van der Waals surface area (Å²) in [5.74, 6) is -4.16. The molecule has 0 aromatic heterocycles. The molecule has 4 atom stereocenters. The molecule has 0 heterocycles. The van der Waals surface area contributed by atoms with Crippen molar-refractivity contribution in [3.63, 3.8) is 0 Å². The van der Waals surface area contributed by atoms with Crippen LogP contribution >= 0.6 is 24.4 Å². The van der Waals surface area contributed by atoms with E-state index < -0.39 is 60.2 Å². The largest absolute Gasteiger partial charge is 0.481 e. The standard InChI is InChI=1S/C22H32N4O7S2/c1-35-10-9-14(23)19(29)24-15(7-8-18(27)28)20(30)25-16(11-13-5-3-2-4-6-13)21(31)26-17(12-34)22(32)33/h2-6,14-17,34H,7-12,23H2,1H3,(H,24,29)(H,25,30)(H,26,31)(H,27,28)(H,32,33). The van der Waals surface area contributed by atoms with Crippen molar-refractivity contribution < 1.29 is 34.2 Å². The highest BCUT2D eigenvalue weighted by Crippen LogP contribution is 2.07. The maximum absolute atomic E-state index is 13.0. The van der Waals surface area contributed by atoms with Crippen molar-refractivity contribution in [1.29, 1.82) is 0 Å². The number of benzene rings is 1. The average molecular weight is 529 g/mol. The molecule has 194 valence electrons. The molecule has 13 heteroatoms. The first-order valence-electron chi connectivity index (χ1n) is 10.8. The maximum atomic E-state index is 13.0. The van der Waals surface area contributed by atoms with E-state index in [1.54, 1.807) is 30.3 Å². The van der Waals surface area contributed by atoms with Crippen LogP contribution in [0.15, 0.2) is 30.3 Å². The lowest BCUT2D eigenvalue weighted by molar-refractivity contribution is -0.141. The highest BCUT2D eigenvalue weighted by Gasteiger charge is 2.30. The molecule has 35 heavy (non-hydrogen) atoms. The predicted molar refractivity (Wildman–Crippen MR) is 135 cm³/mol. The first-order valence-corrected chi connectivity index (χ1v) is 12.9. The van der Waals surface area contributed by atoms with Crippen molar-refractivity contribution >= 4 is 54.1 Å². The summed E-state index contributed by atoms with van der Waals surface area (Å²) in [4.78, 5) is 60.8. The van der Waals surface area contributed by atoms with Crippen LogP contribution in [0, 0.1) is 0 Å². The molecule has 0 fully saturated rings. The molecule has 0 saturated heterocycles. The summed E-state index contributed by atoms with van der Waals surface area (Å²) < 4.78 is 0. The quantitative estimate of drug-likeness (QED) is 0.141. The Bertz CT molecular complexity index is 873. The molecule has 0 aliphatic carbocycles. The van der Waals surface area contributed by atoms with E-state index in [0.29, 0.717) is 17.7 Å². The minimum absolute atomic E-state index is 0.0319. The number of thiol groups is 1. The van der Waals surface area contributed by atoms with Crippen molar-refractivity contribution in [2.45, 2.75) is 49.9 Å². The first kappa shape index (κ1) is 30.3. The van der Waals surface area contributed by atoms with E-state index >= 15 is 0 Å². The molecule has 1 rings (SSSR count). The SMILES string of the molecule is CSCCC(N)C(=O)NC(CCC(=O)O)C(=O)NC(Cc1ccccc1)C(=O)NC(CS)C(=O)O. The van der Waals surface area contributed by atoms with E-state index in [1.807, 2.05) is 6.26 Å². The predicted octanol–water partition coefficient (Wildman–Crippen LogP) is -0.357. The van der Waals surface area contributed by atoms with Gasteiger partial charge in [0, 0.05) is 18.6 Å². The number of amides is 3. The van der Waals surface area contributed by atoms with Gasteiger partial charge >= 0.3 is 11.9 Å². The third-order valence-electron chi connectivity index (χ3n) is 4.96. The molecule has 0 spiro atoms. The number of rotatable bonds is 16. The molecule has 0 aliphatic heterocycles. The van der Waals surface area contributed by atoms with Crippen molar-refractivity contribution in [2.75, 3.05) is 17.8 Å². The van der Waals surface area contributed by atoms with E-state index in [4.69, 9.17) is 10.8 Å². The summed E-state index contributed by atoms with van der Waals surface area (Å²) >= 11 is 5.43. The van der Waals surface area contributed by atoms with Crippen molar-refractivity contribution in [1.82, 2.24) is 16.0 Å². The molecule has 0 radical (unpaired) electrons. The number of carbonyl (C=O) groups excluding carboxylic acids is 3. The molecule has 0 aliphatic rings. The van der Waals surface area contributed by atoms with E-state index in [2.05, 4.69) is 28.6 Å². The Hall–Kier alpha value is -2.77. The third-order valence-corrected chi connectivity index (χ3v) is 5.97. The van der Waals surface area contributed by atoms with Gasteiger partial charge in [0.25, 0.3) is 0 Å². The third kappa shape index (κ3) is 11.5. The molecule has 1 aromatic carbocycles. The molecule has 3 amide bonds. The van der Waals surface area contributed by atoms with Crippen LogP contribution < -0.4 is 21.7 Å². The van der Waals surface area contributed by atoms with Gasteiger partial charge in [-0.1, -0.05) is 30.3 Å². The second-order valence-electron chi connectivity index (χ2n) is 7.71. The fraction of sp³-hybridized carbons (Fsp3) is 0.500. The number of carboxylic acids is 2. The van der Waals surface area contributed by atoms with Gasteiger partial charge in [-0.25, -0.2) is 4.79 Å². The second-order valence-corrected chi connectivity index (χ2v) is 9.07. The smallest absolute Gasteiger partial charge is 0.327 e. The van der Waals surface area contributed by atoms with Crippen LogP contribution in [0.4, 0.5) is 0 Å². The topological polar surface area (TPSA) is 188 Å². The van der Waals surface area contributed by atoms with Gasteiger partial charge in [0.2, 0.25) is 17.7 Å². The molecule has 0 saturated carbocycles. The van der Waals surface area contributed by atoms with Crippen LogP contribution in [0.2, 0.25) is 0 Å². The number of carbonyl (C=O) groups is 5. The Labute approximate surface area is 213 Å². The number of nitrogens with two attached hydrogens (primary N) is 1. The Kier molecular flexibility index (Phi) is 13.8. The number of carboxylic acid groups (broad SMARTS) is 2. The average Bonchev–Trinajstić information content (AvgIpc) is 2.82. The summed E-state index contributed by atoms with van der Waals surface area (Å²) in [6.07, 6.45) is 1.61. The Balaban J connectivity index is 3.07. The number of nitrogens with one attached hydrogen (secondary N) is 3. The van der Waals surface area contributed by atoms with Crippen LogP contribution in [0.5, 0.6) is 0 Å². The minimum Gasteiger partial charge on any atom is -0.481 e. The molecule has 7 N–H and O–H groups in total. The van der Waals surface area contributed by atoms with Crippen LogP contribution in [0.25, 0.3) is 0 Å². The van der Waals surface area contributed by atoms with Gasteiger partial charge in [-0.15, -0.1) is 0 Å². The zero-order chi connectivity index (χ0) is 26.4. The summed E-state index contributed by atoms with van der Waals surface area (Å²) in [5, 5.41) is 25.6. The van der Waals surface area contributed by atoms with E-state index in [1.165, 1.54) is 11.8 Å². The summed E-state index contributed by atoms with van der Waals surface area (Å²) in [7, 11) is 0. The zero-order valence-electron chi connectivity index (χ0n) is 19.3. The molecule has 1 aromatic rings. The van der Waals surface area contributed by atoms with Crippen LogP contribution in [-0.2, 0) is 30.4 Å². The summed E-state index contributed by atoms with van der Waals surface area (Å²) in [6.45, 7) is 0. The summed E-state index contributed by atoms with van der Waals surface area (Å²) in [6, 6.07) is 4.10. The van der Waals surface area contributed by atoms with E-state index in [0.717, 1.165) is 0 Å². The second kappa shape index (κ2) is 16.0. The number of hydrogen-bond acceptors (Lipinski definition) is 8. The number of thioether (sulfide) groups is 1. The van der Waals surface area contributed by atoms with Gasteiger partial charge < -0.3 is 31.9 Å². The lowest BCUT2D eigenvalue weighted by Gasteiger charge is -2.25. The van der Waals surface area contributed by atoms with Gasteiger partial charge in [-0.05, 0) is 30.4 Å². The fourth-order valence-corrected chi connectivity index (χ4v) is 3.72. The highest BCUT2D eigenvalue weighted by atomic mass is 32.2. The lowest BCUT2D eigenvalue weighted by Crippen LogP contribution is -2.58. The normalized spacial score (nSPS) is 14.1. The fourth-order valence-electron chi connectivity index (χ4n) is 2.98. The first-order chi connectivity index (χ1) is 16.6. The Morgan fingerprint density at radius 2 is 1.49 bits per heavy atom. The van der Waals surface area contributed by atoms with Gasteiger partial charge in [0.15, 0.2) is 0 Å². The zero-order valence-corrected chi connectivity index (χ0v) is 21.0. The van der Waals surface area contributed by atoms with E-state index in [-0.39, 0.29) is 18.6 Å². The van der Waals surface area contributed by atoms with Crippen molar-refractivity contribution in [2.24, 2.45) is 5.73 Å². The Morgan fingerprint density at radius 1 is 0.914 bits per heavy atom. The van der Waals surface area contributed by atoms with Gasteiger partial charge in [0.1, 0.15) is 18.1 Å². The van der Waals surface area contributed by atoms with Gasteiger partial charge in [0.05, 0.1) is 6.04 Å². The molecule has 4 unspecified atom stereocenters. The van der Waals surface area contributed by atoms with Gasteiger partial charge in [-0.2, -0.15) is 24.4 Å². The Morgan fingerprint density at radius 3 is 2.03 bits per heavy atom. The molecular weight excluding hydrogens is 496 g/mol. The molecular formula is C22H32N4O7S2. The van der Waals surface area contributed by atoms with Crippen molar-refractivity contribution in [3.05, 3.63) is 35.9 Å². The van der Waals surface area contributed by atoms with Crippen molar-refractivity contribution in [3.8, 4) is 0 Å². The maximum Gasteiger partial charge on any atom is 0.327 e. The molecule has 11 nitrogen and oxygen atoms in total. The van der Waals surface area contributed by atoms with Crippen LogP contribution in [-0.4, -0.2) is 81.8 Å². The minimum atomic E-state index is -1.29. The number of hydrogen-bond donors (Lipinski definition) is 7. The van der Waals surface area contributed by atoms with E-state index in [9.17, 15) is 29.1 Å². The summed E-state index contributed by atoms with van der Waals surface area (Å²) in [5.41, 5.74) is 6.55. The molecule has 0 bridgehead atoms.